The maximum absolute atomic E-state index is 9.64. The molecule has 0 saturated heterocycles. The van der Waals surface area contributed by atoms with Crippen molar-refractivity contribution in [2.75, 3.05) is 0 Å². The van der Waals surface area contributed by atoms with E-state index < -0.39 is 0 Å². The van der Waals surface area contributed by atoms with Crippen molar-refractivity contribution in [3.05, 3.63) is 65.9 Å². The highest BCUT2D eigenvalue weighted by Crippen LogP contribution is 2.26. The lowest BCUT2D eigenvalue weighted by Gasteiger charge is -2.10. The number of hydrogen-bond donors (Lipinski definition) is 1. The number of para-hydroxylation sites is 1. The minimum Gasteiger partial charge on any atom is -0.508 e. The van der Waals surface area contributed by atoms with Gasteiger partial charge in [-0.25, -0.2) is 4.98 Å². The minimum absolute atomic E-state index is 0.244. The number of aromatic nitrogens is 1. The fourth-order valence-corrected chi connectivity index (χ4v) is 2.10. The number of phenolic OH excluding ortho intramolecular Hbond substituents is 1. The van der Waals surface area contributed by atoms with E-state index in [0.29, 0.717) is 12.4 Å². The molecule has 0 amide bonds. The lowest BCUT2D eigenvalue weighted by molar-refractivity contribution is 0.297. The van der Waals surface area contributed by atoms with Crippen molar-refractivity contribution in [1.29, 1.82) is 0 Å². The summed E-state index contributed by atoms with van der Waals surface area (Å²) in [6.45, 7) is 2.22. The van der Waals surface area contributed by atoms with Gasteiger partial charge >= 0.3 is 0 Å². The second-order valence-electron chi connectivity index (χ2n) is 4.68. The van der Waals surface area contributed by atoms with Crippen LogP contribution in [0.25, 0.3) is 10.9 Å². The second kappa shape index (κ2) is 5.21. The number of hydrogen-bond acceptors (Lipinski definition) is 3. The van der Waals surface area contributed by atoms with Crippen molar-refractivity contribution in [3.8, 4) is 11.5 Å². The topological polar surface area (TPSA) is 42.4 Å². The predicted octanol–water partition coefficient (Wildman–Crippen LogP) is 3.83. The Balaban J connectivity index is 1.81. The van der Waals surface area contributed by atoms with Gasteiger partial charge in [-0.3, -0.25) is 0 Å². The SMILES string of the molecule is Cc1c(O)cccc1OCc1ccc2ccccc2n1. The number of nitrogens with zero attached hydrogens (tertiary/aromatic N) is 1. The van der Waals surface area contributed by atoms with E-state index in [0.717, 1.165) is 22.2 Å². The first kappa shape index (κ1) is 12.5. The maximum Gasteiger partial charge on any atom is 0.130 e. The van der Waals surface area contributed by atoms with Crippen LogP contribution in [0.4, 0.5) is 0 Å². The highest BCUT2D eigenvalue weighted by molar-refractivity contribution is 5.78. The highest BCUT2D eigenvalue weighted by Gasteiger charge is 2.05. The first-order valence-corrected chi connectivity index (χ1v) is 6.50. The van der Waals surface area contributed by atoms with Crippen LogP contribution in [0.5, 0.6) is 11.5 Å². The number of fused-ring (bicyclic) bond motifs is 1. The van der Waals surface area contributed by atoms with Crippen LogP contribution in [-0.4, -0.2) is 10.1 Å². The molecular weight excluding hydrogens is 250 g/mol. The average molecular weight is 265 g/mol. The number of ether oxygens (including phenoxy) is 1. The zero-order valence-corrected chi connectivity index (χ0v) is 11.2. The van der Waals surface area contributed by atoms with Crippen LogP contribution in [0.15, 0.2) is 54.6 Å². The van der Waals surface area contributed by atoms with E-state index in [-0.39, 0.29) is 5.75 Å². The third-order valence-corrected chi connectivity index (χ3v) is 3.29. The molecular formula is C17H15NO2. The molecule has 0 saturated carbocycles. The largest absolute Gasteiger partial charge is 0.508 e. The van der Waals surface area contributed by atoms with Crippen molar-refractivity contribution in [2.45, 2.75) is 13.5 Å². The van der Waals surface area contributed by atoms with Crippen LogP contribution < -0.4 is 4.74 Å². The van der Waals surface area contributed by atoms with E-state index in [9.17, 15) is 5.11 Å². The van der Waals surface area contributed by atoms with Gasteiger partial charge in [0.15, 0.2) is 0 Å². The Labute approximate surface area is 117 Å². The van der Waals surface area contributed by atoms with Crippen molar-refractivity contribution in [3.63, 3.8) is 0 Å². The van der Waals surface area contributed by atoms with Gasteiger partial charge in [-0.05, 0) is 31.2 Å². The molecule has 0 bridgehead atoms. The number of pyridine rings is 1. The quantitative estimate of drug-likeness (QED) is 0.782. The van der Waals surface area contributed by atoms with Gasteiger partial charge in [0.2, 0.25) is 0 Å². The summed E-state index contributed by atoms with van der Waals surface area (Å²) >= 11 is 0. The summed E-state index contributed by atoms with van der Waals surface area (Å²) < 4.78 is 5.73. The first-order chi connectivity index (χ1) is 9.74. The molecule has 1 N–H and O–H groups in total. The molecule has 0 unspecified atom stereocenters. The van der Waals surface area contributed by atoms with E-state index in [4.69, 9.17) is 4.74 Å². The number of rotatable bonds is 3. The number of aromatic hydroxyl groups is 1. The standard InChI is InChI=1S/C17H15NO2/c1-12-16(19)7-4-8-17(12)20-11-14-10-9-13-5-2-3-6-15(13)18-14/h2-10,19H,11H2,1H3. The monoisotopic (exact) mass is 265 g/mol. The average Bonchev–Trinajstić information content (AvgIpc) is 2.48. The zero-order valence-electron chi connectivity index (χ0n) is 11.2. The van der Waals surface area contributed by atoms with Crippen LogP contribution in [0.1, 0.15) is 11.3 Å². The second-order valence-corrected chi connectivity index (χ2v) is 4.68. The van der Waals surface area contributed by atoms with Crippen molar-refractivity contribution < 1.29 is 9.84 Å². The normalized spacial score (nSPS) is 10.7. The zero-order chi connectivity index (χ0) is 13.9. The molecule has 0 atom stereocenters. The molecule has 100 valence electrons. The molecule has 3 aromatic rings. The number of phenols is 1. The molecule has 0 aliphatic carbocycles. The van der Waals surface area contributed by atoms with Crippen molar-refractivity contribution in [1.82, 2.24) is 4.98 Å². The van der Waals surface area contributed by atoms with Gasteiger partial charge in [-0.1, -0.05) is 30.3 Å². The van der Waals surface area contributed by atoms with E-state index in [1.165, 1.54) is 0 Å². The Morgan fingerprint density at radius 3 is 2.75 bits per heavy atom. The third-order valence-electron chi connectivity index (χ3n) is 3.29. The van der Waals surface area contributed by atoms with E-state index in [2.05, 4.69) is 4.98 Å². The summed E-state index contributed by atoms with van der Waals surface area (Å²) in [5, 5.41) is 10.8. The Hall–Kier alpha value is -2.55. The van der Waals surface area contributed by atoms with Gasteiger partial charge in [-0.15, -0.1) is 0 Å². The maximum atomic E-state index is 9.64. The summed E-state index contributed by atoms with van der Waals surface area (Å²) in [7, 11) is 0. The Morgan fingerprint density at radius 1 is 1.00 bits per heavy atom. The van der Waals surface area contributed by atoms with Gasteiger partial charge in [0.05, 0.1) is 11.2 Å². The molecule has 20 heavy (non-hydrogen) atoms. The summed E-state index contributed by atoms with van der Waals surface area (Å²) in [4.78, 5) is 4.55. The van der Waals surface area contributed by atoms with E-state index >= 15 is 0 Å². The summed E-state index contributed by atoms with van der Waals surface area (Å²) in [5.41, 5.74) is 2.57. The third kappa shape index (κ3) is 2.43. The van der Waals surface area contributed by atoms with Gasteiger partial charge in [0, 0.05) is 10.9 Å². The molecule has 0 aliphatic heterocycles. The molecule has 0 spiro atoms. The summed E-state index contributed by atoms with van der Waals surface area (Å²) in [6.07, 6.45) is 0. The Kier molecular flexibility index (Phi) is 3.25. The minimum atomic E-state index is 0.244. The van der Waals surface area contributed by atoms with Gasteiger partial charge < -0.3 is 9.84 Å². The van der Waals surface area contributed by atoms with Crippen LogP contribution in [0.2, 0.25) is 0 Å². The van der Waals surface area contributed by atoms with Gasteiger partial charge in [-0.2, -0.15) is 0 Å². The van der Waals surface area contributed by atoms with Gasteiger partial charge in [0.25, 0.3) is 0 Å². The van der Waals surface area contributed by atoms with E-state index in [1.54, 1.807) is 12.1 Å². The molecule has 1 aromatic heterocycles. The van der Waals surface area contributed by atoms with Crippen LogP contribution in [0.3, 0.4) is 0 Å². The molecule has 0 radical (unpaired) electrons. The molecule has 0 fully saturated rings. The lowest BCUT2D eigenvalue weighted by Crippen LogP contribution is -1.99. The number of benzene rings is 2. The first-order valence-electron chi connectivity index (χ1n) is 6.50. The van der Waals surface area contributed by atoms with Crippen LogP contribution >= 0.6 is 0 Å². The van der Waals surface area contributed by atoms with E-state index in [1.807, 2.05) is 49.4 Å². The Bertz CT molecular complexity index is 753. The molecule has 0 aliphatic rings. The summed E-state index contributed by atoms with van der Waals surface area (Å²) in [6, 6.07) is 17.2. The molecule has 3 nitrogen and oxygen atoms in total. The van der Waals surface area contributed by atoms with Crippen LogP contribution in [0, 0.1) is 6.92 Å². The smallest absolute Gasteiger partial charge is 0.130 e. The van der Waals surface area contributed by atoms with Gasteiger partial charge in [0.1, 0.15) is 18.1 Å². The fraction of sp³-hybridized carbons (Fsp3) is 0.118. The lowest BCUT2D eigenvalue weighted by atomic mass is 10.2. The Morgan fingerprint density at radius 2 is 1.85 bits per heavy atom. The summed E-state index contributed by atoms with van der Waals surface area (Å²) in [5.74, 6) is 0.925. The molecule has 1 heterocycles. The molecule has 3 rings (SSSR count). The van der Waals surface area contributed by atoms with Crippen molar-refractivity contribution in [2.24, 2.45) is 0 Å². The molecule has 2 aromatic carbocycles. The van der Waals surface area contributed by atoms with Crippen molar-refractivity contribution >= 4 is 10.9 Å². The molecule has 3 heteroatoms. The highest BCUT2D eigenvalue weighted by atomic mass is 16.5. The predicted molar refractivity (Wildman–Crippen MR) is 78.9 cm³/mol. The fourth-order valence-electron chi connectivity index (χ4n) is 2.10. The van der Waals surface area contributed by atoms with Crippen LogP contribution in [-0.2, 0) is 6.61 Å².